The summed E-state index contributed by atoms with van der Waals surface area (Å²) in [6.07, 6.45) is 0.125. The summed E-state index contributed by atoms with van der Waals surface area (Å²) in [6, 6.07) is 4.00. The van der Waals surface area contributed by atoms with Gasteiger partial charge in [0, 0.05) is 24.5 Å². The smallest absolute Gasteiger partial charge is 0.310 e. The van der Waals surface area contributed by atoms with Crippen molar-refractivity contribution in [2.24, 2.45) is 5.92 Å². The third-order valence-corrected chi connectivity index (χ3v) is 3.49. The summed E-state index contributed by atoms with van der Waals surface area (Å²) in [7, 11) is 1.29. The number of hydrogen-bond donors (Lipinski definition) is 0. The number of carbonyl (C=O) groups is 2. The fourth-order valence-corrected chi connectivity index (χ4v) is 2.30. The number of rotatable bonds is 3. The molecule has 0 radical (unpaired) electrons. The zero-order chi connectivity index (χ0) is 14.0. The van der Waals surface area contributed by atoms with Crippen molar-refractivity contribution in [3.05, 3.63) is 34.6 Å². The molecule has 1 amide bonds. The maximum Gasteiger partial charge on any atom is 0.310 e. The lowest BCUT2D eigenvalue weighted by Crippen LogP contribution is -2.26. The Kier molecular flexibility index (Phi) is 4.04. The van der Waals surface area contributed by atoms with Gasteiger partial charge < -0.3 is 9.64 Å². The third kappa shape index (κ3) is 3.04. The van der Waals surface area contributed by atoms with Gasteiger partial charge in [-0.2, -0.15) is 0 Å². The molecule has 0 spiro atoms. The van der Waals surface area contributed by atoms with Crippen LogP contribution < -0.4 is 0 Å². The van der Waals surface area contributed by atoms with E-state index in [0.717, 1.165) is 0 Å². The van der Waals surface area contributed by atoms with Crippen LogP contribution in [0.15, 0.2) is 18.2 Å². The largest absolute Gasteiger partial charge is 0.469 e. The van der Waals surface area contributed by atoms with Crippen molar-refractivity contribution in [2.45, 2.75) is 13.0 Å². The number of benzene rings is 1. The van der Waals surface area contributed by atoms with Gasteiger partial charge in [0.2, 0.25) is 5.91 Å². The van der Waals surface area contributed by atoms with E-state index in [1.54, 1.807) is 0 Å². The molecular weight excluding hydrogens is 273 g/mol. The van der Waals surface area contributed by atoms with Crippen LogP contribution in [0.25, 0.3) is 0 Å². The second kappa shape index (κ2) is 5.57. The maximum atomic E-state index is 13.1. The van der Waals surface area contributed by atoms with E-state index in [0.29, 0.717) is 10.6 Å². The fraction of sp³-hybridized carbons (Fsp3) is 0.385. The summed E-state index contributed by atoms with van der Waals surface area (Å²) in [5, 5.41) is 0.399. The summed E-state index contributed by atoms with van der Waals surface area (Å²) in [5.74, 6) is -1.42. The van der Waals surface area contributed by atoms with E-state index in [1.807, 2.05) is 0 Å². The molecule has 1 unspecified atom stereocenters. The summed E-state index contributed by atoms with van der Waals surface area (Å²) in [4.78, 5) is 24.7. The van der Waals surface area contributed by atoms with Crippen molar-refractivity contribution in [1.82, 2.24) is 4.90 Å². The number of methoxy groups -OCH3 is 1. The van der Waals surface area contributed by atoms with Crippen molar-refractivity contribution < 1.29 is 18.7 Å². The van der Waals surface area contributed by atoms with Crippen LogP contribution in [0.4, 0.5) is 4.39 Å². The van der Waals surface area contributed by atoms with Gasteiger partial charge >= 0.3 is 5.97 Å². The van der Waals surface area contributed by atoms with Gasteiger partial charge in [-0.3, -0.25) is 9.59 Å². The van der Waals surface area contributed by atoms with Crippen LogP contribution in [0.1, 0.15) is 12.0 Å². The van der Waals surface area contributed by atoms with Crippen LogP contribution in [0.5, 0.6) is 0 Å². The van der Waals surface area contributed by atoms with Crippen LogP contribution >= 0.6 is 11.6 Å². The van der Waals surface area contributed by atoms with E-state index >= 15 is 0 Å². The highest BCUT2D eigenvalue weighted by atomic mass is 35.5. The van der Waals surface area contributed by atoms with E-state index in [4.69, 9.17) is 11.6 Å². The van der Waals surface area contributed by atoms with Crippen molar-refractivity contribution >= 4 is 23.5 Å². The summed E-state index contributed by atoms with van der Waals surface area (Å²) in [6.45, 7) is 0.473. The molecule has 19 heavy (non-hydrogen) atoms. The van der Waals surface area contributed by atoms with E-state index in [1.165, 1.54) is 30.2 Å². The molecule has 6 heteroatoms. The van der Waals surface area contributed by atoms with Gasteiger partial charge in [-0.15, -0.1) is 0 Å². The van der Waals surface area contributed by atoms with Crippen LogP contribution in [0.3, 0.4) is 0 Å². The molecule has 1 aliphatic heterocycles. The minimum atomic E-state index is -0.454. The van der Waals surface area contributed by atoms with Crippen molar-refractivity contribution in [1.29, 1.82) is 0 Å². The number of halogens is 2. The monoisotopic (exact) mass is 285 g/mol. The minimum absolute atomic E-state index is 0.125. The predicted octanol–water partition coefficient (Wildman–Crippen LogP) is 2.00. The highest BCUT2D eigenvalue weighted by Crippen LogP contribution is 2.24. The second-order valence-corrected chi connectivity index (χ2v) is 4.84. The second-order valence-electron chi connectivity index (χ2n) is 4.43. The number of ether oxygens (including phenoxy) is 1. The first kappa shape index (κ1) is 13.8. The lowest BCUT2D eigenvalue weighted by molar-refractivity contribution is -0.145. The standard InChI is InChI=1S/C13H13ClFNO3/c1-19-13(18)9-5-12(17)16(7-9)6-8-4-10(15)2-3-11(8)14/h2-4,9H,5-7H2,1H3. The number of likely N-dealkylation sites (tertiary alicyclic amines) is 1. The lowest BCUT2D eigenvalue weighted by Gasteiger charge is -2.17. The summed E-state index contributed by atoms with van der Waals surface area (Å²) < 4.78 is 17.8. The first-order chi connectivity index (χ1) is 9.01. The molecule has 0 bridgehead atoms. The first-order valence-electron chi connectivity index (χ1n) is 5.80. The maximum absolute atomic E-state index is 13.1. The number of hydrogen-bond acceptors (Lipinski definition) is 3. The number of carbonyl (C=O) groups excluding carboxylic acids is 2. The van der Waals surface area contributed by atoms with E-state index in [9.17, 15) is 14.0 Å². The number of amides is 1. The molecule has 0 aliphatic carbocycles. The Bertz CT molecular complexity index is 521. The fourth-order valence-electron chi connectivity index (χ4n) is 2.12. The van der Waals surface area contributed by atoms with Gasteiger partial charge in [-0.1, -0.05) is 11.6 Å². The van der Waals surface area contributed by atoms with Gasteiger partial charge in [0.05, 0.1) is 13.0 Å². The lowest BCUT2D eigenvalue weighted by atomic mass is 10.1. The van der Waals surface area contributed by atoms with E-state index in [-0.39, 0.29) is 25.4 Å². The molecule has 1 aromatic rings. The van der Waals surface area contributed by atoms with Gasteiger partial charge in [0.15, 0.2) is 0 Å². The Morgan fingerprint density at radius 3 is 3.00 bits per heavy atom. The molecular formula is C13H13ClFNO3. The third-order valence-electron chi connectivity index (χ3n) is 3.12. The van der Waals surface area contributed by atoms with E-state index < -0.39 is 17.7 Å². The van der Waals surface area contributed by atoms with Gasteiger partial charge in [-0.25, -0.2) is 4.39 Å². The average Bonchev–Trinajstić information content (AvgIpc) is 2.74. The van der Waals surface area contributed by atoms with Crippen molar-refractivity contribution in [3.8, 4) is 0 Å². The minimum Gasteiger partial charge on any atom is -0.469 e. The zero-order valence-electron chi connectivity index (χ0n) is 10.4. The highest BCUT2D eigenvalue weighted by Gasteiger charge is 2.35. The Morgan fingerprint density at radius 2 is 2.32 bits per heavy atom. The number of esters is 1. The zero-order valence-corrected chi connectivity index (χ0v) is 11.1. The Labute approximate surface area is 115 Å². The Hall–Kier alpha value is -1.62. The summed E-state index contributed by atoms with van der Waals surface area (Å²) in [5.41, 5.74) is 0.528. The molecule has 4 nitrogen and oxygen atoms in total. The predicted molar refractivity (Wildman–Crippen MR) is 67.0 cm³/mol. The average molecular weight is 286 g/mol. The molecule has 1 heterocycles. The Balaban J connectivity index is 2.09. The molecule has 0 aromatic heterocycles. The van der Waals surface area contributed by atoms with Crippen LogP contribution in [0.2, 0.25) is 5.02 Å². The van der Waals surface area contributed by atoms with Crippen LogP contribution in [-0.4, -0.2) is 30.4 Å². The van der Waals surface area contributed by atoms with Gasteiger partial charge in [-0.05, 0) is 23.8 Å². The molecule has 102 valence electrons. The van der Waals surface area contributed by atoms with Crippen molar-refractivity contribution in [2.75, 3.05) is 13.7 Å². The number of nitrogens with zero attached hydrogens (tertiary/aromatic N) is 1. The molecule has 0 N–H and O–H groups in total. The molecule has 1 aliphatic rings. The quantitative estimate of drug-likeness (QED) is 0.798. The van der Waals surface area contributed by atoms with Crippen LogP contribution in [0, 0.1) is 11.7 Å². The molecule has 1 atom stereocenters. The topological polar surface area (TPSA) is 46.6 Å². The van der Waals surface area contributed by atoms with Crippen molar-refractivity contribution in [3.63, 3.8) is 0 Å². The molecule has 1 aromatic carbocycles. The Morgan fingerprint density at radius 1 is 1.58 bits per heavy atom. The normalized spacial score (nSPS) is 18.8. The molecule has 1 saturated heterocycles. The van der Waals surface area contributed by atoms with Gasteiger partial charge in [0.1, 0.15) is 5.82 Å². The van der Waals surface area contributed by atoms with Gasteiger partial charge in [0.25, 0.3) is 0 Å². The highest BCUT2D eigenvalue weighted by molar-refractivity contribution is 6.31. The molecule has 1 fully saturated rings. The molecule has 0 saturated carbocycles. The molecule has 2 rings (SSSR count). The summed E-state index contributed by atoms with van der Waals surface area (Å²) >= 11 is 5.95. The van der Waals surface area contributed by atoms with E-state index in [2.05, 4.69) is 4.74 Å². The van der Waals surface area contributed by atoms with Crippen LogP contribution in [-0.2, 0) is 20.9 Å². The SMILES string of the molecule is COC(=O)C1CC(=O)N(Cc2cc(F)ccc2Cl)C1. The first-order valence-corrected chi connectivity index (χ1v) is 6.18.